The molecular weight excluding hydrogens is 600 g/mol. The summed E-state index contributed by atoms with van der Waals surface area (Å²) in [5, 5.41) is 7.12. The number of ketones is 1. The van der Waals surface area contributed by atoms with Crippen molar-refractivity contribution in [3.8, 4) is 0 Å². The molecule has 8 aliphatic rings. The van der Waals surface area contributed by atoms with Crippen molar-refractivity contribution < 1.29 is 19.1 Å². The Morgan fingerprint density at radius 3 is 2.42 bits per heavy atom. The fraction of sp³-hybridized carbons (Fsp3) is 0.925. The van der Waals surface area contributed by atoms with E-state index in [1.54, 1.807) is 0 Å². The van der Waals surface area contributed by atoms with Crippen LogP contribution >= 0.6 is 0 Å². The molecule has 8 fully saturated rings. The summed E-state index contributed by atoms with van der Waals surface area (Å²) in [7, 11) is 0. The van der Waals surface area contributed by atoms with E-state index in [1.165, 1.54) is 51.6 Å². The Hall–Kier alpha value is -1.51. The summed E-state index contributed by atoms with van der Waals surface area (Å²) < 4.78 is 7.01. The molecule has 0 aromatic carbocycles. The number of amides is 2. The number of carbonyl (C=O) groups is 3. The van der Waals surface area contributed by atoms with Crippen LogP contribution in [0, 0.1) is 52.3 Å². The van der Waals surface area contributed by atoms with Crippen LogP contribution in [0.1, 0.15) is 124 Å². The lowest BCUT2D eigenvalue weighted by atomic mass is 9.44. The Balaban J connectivity index is 0.860. The zero-order chi connectivity index (χ0) is 33.4. The van der Waals surface area contributed by atoms with Gasteiger partial charge < -0.3 is 19.9 Å². The molecule has 1 spiro atoms. The molecule has 8 heteroatoms. The van der Waals surface area contributed by atoms with Gasteiger partial charge in [0.25, 0.3) is 0 Å². The molecule has 0 aromatic rings. The van der Waals surface area contributed by atoms with Crippen LogP contribution in [0.2, 0.25) is 0 Å². The molecule has 8 rings (SSSR count). The number of fused-ring (bicyclic) bond motifs is 7. The predicted molar refractivity (Wildman–Crippen MR) is 186 cm³/mol. The van der Waals surface area contributed by atoms with Crippen LogP contribution < -0.4 is 10.6 Å². The molecule has 2 amide bonds. The van der Waals surface area contributed by atoms with Gasteiger partial charge in [0.15, 0.2) is 0 Å². The van der Waals surface area contributed by atoms with Crippen LogP contribution in [-0.4, -0.2) is 84.0 Å². The van der Waals surface area contributed by atoms with E-state index >= 15 is 0 Å². The second-order valence-electron chi connectivity index (χ2n) is 18.6. The highest BCUT2D eigenvalue weighted by atomic mass is 16.5. The molecule has 0 aromatic heterocycles. The largest absolute Gasteiger partial charge is 0.357 e. The van der Waals surface area contributed by atoms with Crippen molar-refractivity contribution in [1.29, 1.82) is 0 Å². The fourth-order valence-electron chi connectivity index (χ4n) is 13.6. The molecule has 4 saturated carbocycles. The minimum Gasteiger partial charge on any atom is -0.357 e. The molecule has 2 N–H and O–H groups in total. The highest BCUT2D eigenvalue weighted by Gasteiger charge is 2.71. The van der Waals surface area contributed by atoms with E-state index in [-0.39, 0.29) is 46.9 Å². The number of Topliss-reactive ketones (excluding diaryl/α,β-unsaturated/α-hetero) is 1. The van der Waals surface area contributed by atoms with E-state index in [1.807, 2.05) is 4.90 Å². The quantitative estimate of drug-likeness (QED) is 0.384. The molecule has 0 bridgehead atoms. The van der Waals surface area contributed by atoms with Gasteiger partial charge in [-0.3, -0.25) is 19.7 Å². The van der Waals surface area contributed by atoms with Crippen LogP contribution in [-0.2, 0) is 19.1 Å². The number of hydrogen-bond donors (Lipinski definition) is 2. The summed E-state index contributed by atoms with van der Waals surface area (Å²) in [5.41, 5.74) is -0.376. The second kappa shape index (κ2) is 12.6. The van der Waals surface area contributed by atoms with Crippen LogP contribution in [0.4, 0.5) is 0 Å². The second-order valence-corrected chi connectivity index (χ2v) is 18.6. The van der Waals surface area contributed by atoms with Gasteiger partial charge in [-0.1, -0.05) is 34.1 Å². The minimum absolute atomic E-state index is 0.00565. The maximum Gasteiger partial charge on any atom is 0.232 e. The molecule has 268 valence electrons. The van der Waals surface area contributed by atoms with Crippen molar-refractivity contribution in [3.63, 3.8) is 0 Å². The van der Waals surface area contributed by atoms with Gasteiger partial charge >= 0.3 is 0 Å². The third-order valence-corrected chi connectivity index (χ3v) is 16.4. The average molecular weight is 665 g/mol. The normalized spacial score (nSPS) is 48.0. The number of hydrogen-bond acceptors (Lipinski definition) is 6. The lowest BCUT2D eigenvalue weighted by Gasteiger charge is -2.60. The fourth-order valence-corrected chi connectivity index (χ4v) is 13.6. The summed E-state index contributed by atoms with van der Waals surface area (Å²) in [4.78, 5) is 45.3. The van der Waals surface area contributed by atoms with Gasteiger partial charge in [0.1, 0.15) is 17.9 Å². The van der Waals surface area contributed by atoms with E-state index in [0.717, 1.165) is 71.0 Å². The first-order valence-corrected chi connectivity index (χ1v) is 20.3. The molecule has 4 aliphatic carbocycles. The molecule has 48 heavy (non-hydrogen) atoms. The monoisotopic (exact) mass is 664 g/mol. The van der Waals surface area contributed by atoms with Crippen molar-refractivity contribution in [2.75, 3.05) is 32.7 Å². The van der Waals surface area contributed by atoms with Crippen LogP contribution in [0.25, 0.3) is 0 Å². The van der Waals surface area contributed by atoms with Crippen molar-refractivity contribution in [1.82, 2.24) is 20.4 Å². The van der Waals surface area contributed by atoms with Crippen LogP contribution in [0.3, 0.4) is 0 Å². The zero-order valence-electron chi connectivity index (χ0n) is 30.4. The Bertz CT molecular complexity index is 1250. The first-order chi connectivity index (χ1) is 23.0. The Kier molecular flexibility index (Phi) is 8.84. The SMILES string of the molecule is C[C@@H]1CC[C@@]2(NC1)O[C@H]1C[C@H]3[C@@H]4CC[C@H]5C[C@@H](NC(=O)CC(=O)N6CCC(N7CCCCC7)CC6)CC[C@]5(C)[C@H]4CC(=O)[C@]3(C)[C@H]1[C@@H]2C. The van der Waals surface area contributed by atoms with Crippen LogP contribution in [0.15, 0.2) is 0 Å². The smallest absolute Gasteiger partial charge is 0.232 e. The number of ether oxygens (including phenoxy) is 1. The van der Waals surface area contributed by atoms with E-state index < -0.39 is 0 Å². The van der Waals surface area contributed by atoms with Gasteiger partial charge in [0, 0.05) is 55.4 Å². The van der Waals surface area contributed by atoms with E-state index in [9.17, 15) is 14.4 Å². The van der Waals surface area contributed by atoms with Crippen molar-refractivity contribution >= 4 is 17.6 Å². The van der Waals surface area contributed by atoms with Gasteiger partial charge in [-0.25, -0.2) is 0 Å². The maximum atomic E-state index is 14.5. The maximum absolute atomic E-state index is 14.5. The van der Waals surface area contributed by atoms with Gasteiger partial charge in [-0.05, 0) is 125 Å². The topological polar surface area (TPSA) is 91.0 Å². The molecule has 0 unspecified atom stereocenters. The number of piperidine rings is 3. The number of rotatable bonds is 4. The number of likely N-dealkylation sites (tertiary alicyclic amines) is 2. The first-order valence-electron chi connectivity index (χ1n) is 20.3. The molecule has 4 saturated heterocycles. The van der Waals surface area contributed by atoms with Crippen molar-refractivity contribution in [3.05, 3.63) is 0 Å². The van der Waals surface area contributed by atoms with Gasteiger partial charge in [0.2, 0.25) is 11.8 Å². The lowest BCUT2D eigenvalue weighted by molar-refractivity contribution is -0.160. The third kappa shape index (κ3) is 5.43. The summed E-state index contributed by atoms with van der Waals surface area (Å²) in [6.07, 6.45) is 15.6. The van der Waals surface area contributed by atoms with E-state index in [0.29, 0.717) is 53.3 Å². The molecular formula is C40H64N4O4. The number of nitrogens with zero attached hydrogens (tertiary/aromatic N) is 2. The summed E-state index contributed by atoms with van der Waals surface area (Å²) in [6.45, 7) is 14.5. The molecule has 4 aliphatic heterocycles. The number of carbonyl (C=O) groups excluding carboxylic acids is 3. The average Bonchev–Trinajstić information content (AvgIpc) is 3.53. The van der Waals surface area contributed by atoms with E-state index in [2.05, 4.69) is 43.2 Å². The standard InChI is InChI=1S/C40H64N4O4/c1-25-10-15-40(41-24-25)26(2)37-33(48-40)21-32-30-9-8-27-20-28(11-14-38(27,3)31(30)22-34(45)39(32,37)4)42-35(46)23-36(47)44-18-12-29(13-19-44)43-16-6-5-7-17-43/h25-33,37,41H,5-24H2,1-4H3,(H,42,46)/t25-,26+,27+,28+,30-,31+,32+,33+,37+,38+,39-,40-/m1/s1. The van der Waals surface area contributed by atoms with Gasteiger partial charge in [-0.15, -0.1) is 0 Å². The Labute approximate surface area is 289 Å². The predicted octanol–water partition coefficient (Wildman–Crippen LogP) is 5.54. The summed E-state index contributed by atoms with van der Waals surface area (Å²) >= 11 is 0. The number of nitrogens with one attached hydrogen (secondary N) is 2. The molecule has 4 heterocycles. The summed E-state index contributed by atoms with van der Waals surface area (Å²) in [6, 6.07) is 0.736. The Morgan fingerprint density at radius 2 is 1.69 bits per heavy atom. The van der Waals surface area contributed by atoms with Crippen LogP contribution in [0.5, 0.6) is 0 Å². The lowest BCUT2D eigenvalue weighted by Crippen LogP contribution is -2.60. The zero-order valence-corrected chi connectivity index (χ0v) is 30.4. The van der Waals surface area contributed by atoms with Gasteiger partial charge in [0.05, 0.1) is 6.10 Å². The van der Waals surface area contributed by atoms with E-state index in [4.69, 9.17) is 4.74 Å². The van der Waals surface area contributed by atoms with Crippen molar-refractivity contribution in [2.24, 2.45) is 52.3 Å². The Morgan fingerprint density at radius 1 is 0.917 bits per heavy atom. The van der Waals surface area contributed by atoms with Gasteiger partial charge in [-0.2, -0.15) is 0 Å². The first kappa shape index (κ1) is 33.6. The molecule has 0 radical (unpaired) electrons. The minimum atomic E-state index is -0.275. The highest BCUT2D eigenvalue weighted by molar-refractivity contribution is 5.97. The molecule has 8 nitrogen and oxygen atoms in total. The summed E-state index contributed by atoms with van der Waals surface area (Å²) in [5.74, 6) is 3.73. The van der Waals surface area contributed by atoms with Crippen molar-refractivity contribution in [2.45, 2.75) is 148 Å². The molecule has 12 atom stereocenters. The highest BCUT2D eigenvalue weighted by Crippen LogP contribution is 2.70. The third-order valence-electron chi connectivity index (χ3n) is 16.4.